The Morgan fingerprint density at radius 1 is 1.05 bits per heavy atom. The molecule has 1 N–H and O–H groups in total. The van der Waals surface area contributed by atoms with Crippen LogP contribution in [-0.4, -0.2) is 16.7 Å². The average molecular weight is 288 g/mol. The maximum absolute atomic E-state index is 12.0. The summed E-state index contributed by atoms with van der Waals surface area (Å²) in [7, 11) is 0. The summed E-state index contributed by atoms with van der Waals surface area (Å²) in [6.07, 6.45) is 2.31. The van der Waals surface area contributed by atoms with Gasteiger partial charge in [0, 0.05) is 11.6 Å². The minimum atomic E-state index is -0.740. The van der Waals surface area contributed by atoms with E-state index in [0.29, 0.717) is 5.57 Å². The summed E-state index contributed by atoms with van der Waals surface area (Å²) >= 11 is 0. The molecule has 0 aliphatic heterocycles. The fourth-order valence-electron chi connectivity index (χ4n) is 2.23. The van der Waals surface area contributed by atoms with Crippen molar-refractivity contribution in [1.29, 1.82) is 0 Å². The SMILES string of the molecule is Cc1cc(O)c(C2=CC(=O)C(=O)C=C2C(C)(C)C)c(=O)o1. The van der Waals surface area contributed by atoms with Crippen molar-refractivity contribution in [3.63, 3.8) is 0 Å². The highest BCUT2D eigenvalue weighted by Crippen LogP contribution is 2.39. The normalized spacial score (nSPS) is 15.8. The lowest BCUT2D eigenvalue weighted by Gasteiger charge is -2.27. The van der Waals surface area contributed by atoms with Gasteiger partial charge in [0.15, 0.2) is 0 Å². The number of allylic oxidation sites excluding steroid dienone is 4. The van der Waals surface area contributed by atoms with Gasteiger partial charge >= 0.3 is 5.63 Å². The second-order valence-corrected chi connectivity index (χ2v) is 6.00. The van der Waals surface area contributed by atoms with Crippen LogP contribution < -0.4 is 5.63 Å². The van der Waals surface area contributed by atoms with E-state index in [4.69, 9.17) is 4.42 Å². The molecular weight excluding hydrogens is 272 g/mol. The van der Waals surface area contributed by atoms with Crippen LogP contribution in [0.2, 0.25) is 0 Å². The topological polar surface area (TPSA) is 84.6 Å². The first-order valence-corrected chi connectivity index (χ1v) is 6.48. The summed E-state index contributed by atoms with van der Waals surface area (Å²) in [5, 5.41) is 10.0. The van der Waals surface area contributed by atoms with Crippen molar-refractivity contribution in [2.75, 3.05) is 0 Å². The van der Waals surface area contributed by atoms with E-state index in [2.05, 4.69) is 0 Å². The standard InChI is InChI=1S/C16H16O5/c1-8-5-13(19)14(15(20)21-8)9-6-11(17)12(18)7-10(9)16(2,3)4/h5-7,19H,1-4H3. The van der Waals surface area contributed by atoms with E-state index in [1.54, 1.807) is 0 Å². The van der Waals surface area contributed by atoms with E-state index in [-0.39, 0.29) is 22.6 Å². The molecule has 0 amide bonds. The predicted molar refractivity (Wildman–Crippen MR) is 76.9 cm³/mol. The average Bonchev–Trinajstić information content (AvgIpc) is 2.30. The molecule has 0 aromatic carbocycles. The van der Waals surface area contributed by atoms with Gasteiger partial charge in [0.05, 0.1) is 0 Å². The molecule has 1 aliphatic rings. The zero-order valence-corrected chi connectivity index (χ0v) is 12.3. The monoisotopic (exact) mass is 288 g/mol. The lowest BCUT2D eigenvalue weighted by atomic mass is 9.76. The van der Waals surface area contributed by atoms with Gasteiger partial charge in [-0.2, -0.15) is 0 Å². The molecule has 1 aromatic heterocycles. The highest BCUT2D eigenvalue weighted by atomic mass is 16.4. The first-order valence-electron chi connectivity index (χ1n) is 6.48. The predicted octanol–water partition coefficient (Wildman–Crippen LogP) is 2.16. The number of hydrogen-bond acceptors (Lipinski definition) is 5. The van der Waals surface area contributed by atoms with Gasteiger partial charge in [0.1, 0.15) is 17.1 Å². The quantitative estimate of drug-likeness (QED) is 0.632. The molecule has 0 radical (unpaired) electrons. The smallest absolute Gasteiger partial charge is 0.347 e. The van der Waals surface area contributed by atoms with E-state index in [1.807, 2.05) is 20.8 Å². The van der Waals surface area contributed by atoms with Crippen LogP contribution in [0, 0.1) is 12.3 Å². The van der Waals surface area contributed by atoms with Gasteiger partial charge in [-0.25, -0.2) is 4.79 Å². The number of ketones is 2. The maximum Gasteiger partial charge on any atom is 0.347 e. The first-order chi connectivity index (χ1) is 9.61. The van der Waals surface area contributed by atoms with Crippen molar-refractivity contribution in [3.8, 4) is 5.75 Å². The van der Waals surface area contributed by atoms with Gasteiger partial charge in [-0.15, -0.1) is 0 Å². The van der Waals surface area contributed by atoms with Gasteiger partial charge in [-0.3, -0.25) is 9.59 Å². The zero-order valence-electron chi connectivity index (χ0n) is 12.3. The van der Waals surface area contributed by atoms with Crippen LogP contribution in [0.15, 0.2) is 33.0 Å². The third kappa shape index (κ3) is 2.72. The number of rotatable bonds is 1. The Labute approximate surface area is 121 Å². The Balaban J connectivity index is 2.75. The van der Waals surface area contributed by atoms with E-state index in [9.17, 15) is 19.5 Å². The molecule has 0 unspecified atom stereocenters. The number of aromatic hydroxyl groups is 1. The van der Waals surface area contributed by atoms with Crippen molar-refractivity contribution >= 4 is 17.1 Å². The van der Waals surface area contributed by atoms with Crippen LogP contribution in [0.5, 0.6) is 5.75 Å². The molecule has 0 saturated carbocycles. The number of hydrogen-bond donors (Lipinski definition) is 1. The van der Waals surface area contributed by atoms with Gasteiger partial charge in [-0.1, -0.05) is 20.8 Å². The minimum absolute atomic E-state index is 0.0948. The van der Waals surface area contributed by atoms with Crippen molar-refractivity contribution in [1.82, 2.24) is 0 Å². The van der Waals surface area contributed by atoms with Crippen molar-refractivity contribution in [2.24, 2.45) is 5.41 Å². The Morgan fingerprint density at radius 2 is 1.62 bits per heavy atom. The molecule has 0 fully saturated rings. The van der Waals surface area contributed by atoms with Crippen LogP contribution in [0.3, 0.4) is 0 Å². The summed E-state index contributed by atoms with van der Waals surface area (Å²) in [5.41, 5.74) is -0.568. The Hall–Kier alpha value is -2.43. The summed E-state index contributed by atoms with van der Waals surface area (Å²) in [5.74, 6) is -1.37. The molecule has 2 rings (SSSR count). The maximum atomic E-state index is 12.0. The molecule has 110 valence electrons. The first kappa shape index (κ1) is 15.0. The molecule has 0 saturated heterocycles. The van der Waals surface area contributed by atoms with Crippen molar-refractivity contribution in [2.45, 2.75) is 27.7 Å². The molecule has 21 heavy (non-hydrogen) atoms. The van der Waals surface area contributed by atoms with E-state index in [1.165, 1.54) is 19.1 Å². The summed E-state index contributed by atoms with van der Waals surface area (Å²) in [6, 6.07) is 1.30. The van der Waals surface area contributed by atoms with Crippen molar-refractivity contribution < 1.29 is 19.1 Å². The van der Waals surface area contributed by atoms with Crippen LogP contribution in [0.1, 0.15) is 32.1 Å². The fraction of sp³-hybridized carbons (Fsp3) is 0.312. The second-order valence-electron chi connectivity index (χ2n) is 6.00. The molecule has 5 nitrogen and oxygen atoms in total. The summed E-state index contributed by atoms with van der Waals surface area (Å²) in [4.78, 5) is 35.3. The Bertz CT molecular complexity index is 754. The summed E-state index contributed by atoms with van der Waals surface area (Å²) in [6.45, 7) is 7.09. The molecule has 5 heteroatoms. The van der Waals surface area contributed by atoms with Crippen LogP contribution in [0.4, 0.5) is 0 Å². The molecule has 0 atom stereocenters. The van der Waals surface area contributed by atoms with Gasteiger partial charge in [0.2, 0.25) is 11.6 Å². The molecule has 1 aromatic rings. The van der Waals surface area contributed by atoms with E-state index < -0.39 is 22.6 Å². The minimum Gasteiger partial charge on any atom is -0.507 e. The molecular formula is C16H16O5. The lowest BCUT2D eigenvalue weighted by Crippen LogP contribution is -2.23. The fourth-order valence-corrected chi connectivity index (χ4v) is 2.23. The van der Waals surface area contributed by atoms with E-state index >= 15 is 0 Å². The summed E-state index contributed by atoms with van der Waals surface area (Å²) < 4.78 is 4.99. The van der Waals surface area contributed by atoms with Crippen LogP contribution in [-0.2, 0) is 9.59 Å². The Kier molecular flexibility index (Phi) is 3.45. The van der Waals surface area contributed by atoms with Gasteiger partial charge < -0.3 is 9.52 Å². The van der Waals surface area contributed by atoms with Gasteiger partial charge in [-0.05, 0) is 30.1 Å². The number of aryl methyl sites for hydroxylation is 1. The lowest BCUT2D eigenvalue weighted by molar-refractivity contribution is -0.131. The van der Waals surface area contributed by atoms with Crippen LogP contribution in [0.25, 0.3) is 5.57 Å². The van der Waals surface area contributed by atoms with Gasteiger partial charge in [0.25, 0.3) is 0 Å². The zero-order chi connectivity index (χ0) is 15.9. The third-order valence-electron chi connectivity index (χ3n) is 3.22. The highest BCUT2D eigenvalue weighted by molar-refractivity contribution is 6.48. The number of carbonyl (C=O) groups is 2. The molecule has 0 bridgehead atoms. The number of carbonyl (C=O) groups excluding carboxylic acids is 2. The molecule has 1 aliphatic carbocycles. The third-order valence-corrected chi connectivity index (χ3v) is 3.22. The largest absolute Gasteiger partial charge is 0.507 e. The second kappa shape index (κ2) is 4.84. The molecule has 1 heterocycles. The van der Waals surface area contributed by atoms with E-state index in [0.717, 1.165) is 6.08 Å². The van der Waals surface area contributed by atoms with Crippen LogP contribution >= 0.6 is 0 Å². The molecule has 0 spiro atoms. The highest BCUT2D eigenvalue weighted by Gasteiger charge is 2.31. The van der Waals surface area contributed by atoms with Crippen molar-refractivity contribution in [3.05, 3.63) is 45.5 Å². The Morgan fingerprint density at radius 3 is 2.14 bits per heavy atom.